The average molecular weight is 429 g/mol. The van der Waals surface area contributed by atoms with Crippen LogP contribution >= 0.6 is 0 Å². The first-order chi connectivity index (χ1) is 15.6. The third kappa shape index (κ3) is 3.43. The van der Waals surface area contributed by atoms with Crippen LogP contribution in [0.25, 0.3) is 6.08 Å². The van der Waals surface area contributed by atoms with Crippen LogP contribution in [0.15, 0.2) is 60.4 Å². The van der Waals surface area contributed by atoms with Gasteiger partial charge < -0.3 is 23.8 Å². The normalized spacial score (nSPS) is 15.7. The Balaban J connectivity index is 1.48. The van der Waals surface area contributed by atoms with Gasteiger partial charge >= 0.3 is 0 Å². The topological polar surface area (TPSA) is 57.2 Å². The van der Waals surface area contributed by atoms with Crippen LogP contribution in [-0.4, -0.2) is 26.7 Å². The third-order valence-electron chi connectivity index (χ3n) is 5.78. The fourth-order valence-corrected chi connectivity index (χ4v) is 4.04. The Bertz CT molecular complexity index is 1210. The van der Waals surface area contributed by atoms with Gasteiger partial charge in [0.1, 0.15) is 23.0 Å². The van der Waals surface area contributed by atoms with Gasteiger partial charge in [0.15, 0.2) is 12.5 Å². The molecule has 162 valence electrons. The molecule has 0 atom stereocenters. The van der Waals surface area contributed by atoms with Gasteiger partial charge in [-0.3, -0.25) is 4.79 Å². The number of hydrogen-bond donors (Lipinski definition) is 0. The second-order valence-corrected chi connectivity index (χ2v) is 7.76. The van der Waals surface area contributed by atoms with E-state index < -0.39 is 0 Å². The minimum absolute atomic E-state index is 0.113. The van der Waals surface area contributed by atoms with E-state index in [-0.39, 0.29) is 5.78 Å². The number of benzene rings is 3. The van der Waals surface area contributed by atoms with Crippen molar-refractivity contribution in [2.24, 2.45) is 0 Å². The molecule has 2 heterocycles. The van der Waals surface area contributed by atoms with E-state index in [1.165, 1.54) is 0 Å². The Morgan fingerprint density at radius 1 is 0.969 bits per heavy atom. The van der Waals surface area contributed by atoms with Crippen molar-refractivity contribution in [3.63, 3.8) is 0 Å². The Labute approximate surface area is 186 Å². The van der Waals surface area contributed by atoms with Crippen LogP contribution in [0.3, 0.4) is 0 Å². The highest BCUT2D eigenvalue weighted by molar-refractivity contribution is 6.16. The van der Waals surface area contributed by atoms with Crippen LogP contribution in [0.4, 0.5) is 5.69 Å². The molecule has 0 bridgehead atoms. The maximum atomic E-state index is 13.2. The van der Waals surface area contributed by atoms with Crippen LogP contribution in [-0.2, 0) is 6.54 Å². The van der Waals surface area contributed by atoms with E-state index in [2.05, 4.69) is 4.90 Å². The van der Waals surface area contributed by atoms with E-state index in [1.54, 1.807) is 20.3 Å². The van der Waals surface area contributed by atoms with Crippen LogP contribution < -0.4 is 23.8 Å². The molecular weight excluding hydrogens is 406 g/mol. The molecule has 0 N–H and O–H groups in total. The lowest BCUT2D eigenvalue weighted by Gasteiger charge is -2.31. The molecule has 0 aliphatic carbocycles. The van der Waals surface area contributed by atoms with E-state index in [0.717, 1.165) is 39.6 Å². The van der Waals surface area contributed by atoms with Crippen molar-refractivity contribution < 1.29 is 23.7 Å². The predicted molar refractivity (Wildman–Crippen MR) is 122 cm³/mol. The number of Topliss-reactive ketones (excluding diaryl/α,β-unsaturated/α-hetero) is 1. The Hall–Kier alpha value is -3.93. The molecule has 0 spiro atoms. The highest BCUT2D eigenvalue weighted by Gasteiger charge is 2.35. The number of carbonyl (C=O) groups excluding carboxylic acids is 1. The lowest BCUT2D eigenvalue weighted by atomic mass is 9.98. The summed E-state index contributed by atoms with van der Waals surface area (Å²) in [7, 11) is 3.27. The summed E-state index contributed by atoms with van der Waals surface area (Å²) in [5.74, 6) is 3.09. The van der Waals surface area contributed by atoms with Gasteiger partial charge in [-0.2, -0.15) is 0 Å². The Morgan fingerprint density at radius 3 is 2.28 bits per heavy atom. The van der Waals surface area contributed by atoms with E-state index in [9.17, 15) is 4.79 Å². The molecule has 3 aromatic rings. The fraction of sp³-hybridized carbons (Fsp3) is 0.192. The first kappa shape index (κ1) is 20.0. The number of fused-ring (bicyclic) bond motifs is 3. The largest absolute Gasteiger partial charge is 0.497 e. The summed E-state index contributed by atoms with van der Waals surface area (Å²) in [6, 6.07) is 17.2. The summed E-state index contributed by atoms with van der Waals surface area (Å²) in [5, 5.41) is 0. The number of ether oxygens (including phenoxy) is 4. The molecule has 0 aromatic heterocycles. The number of aryl methyl sites for hydroxylation is 1. The average Bonchev–Trinajstić information content (AvgIpc) is 3.16. The number of allylic oxidation sites excluding steroid dienone is 1. The van der Waals surface area contributed by atoms with Crippen molar-refractivity contribution in [3.8, 4) is 23.0 Å². The Kier molecular flexibility index (Phi) is 4.98. The highest BCUT2D eigenvalue weighted by Crippen LogP contribution is 2.44. The van der Waals surface area contributed by atoms with Gasteiger partial charge in [-0.25, -0.2) is 0 Å². The standard InChI is InChI=1S/C26H23NO5/c1-16-12-22-21(14-27(15-31-22)18-6-10-20(30-3)11-7-18)26-24(16)25(28)23(32-26)13-17-4-8-19(29-2)9-5-17/h4-13H,14-15H2,1-3H3/b23-13-. The van der Waals surface area contributed by atoms with Crippen LogP contribution in [0.5, 0.6) is 23.0 Å². The molecule has 5 rings (SSSR count). The van der Waals surface area contributed by atoms with Crippen LogP contribution in [0.2, 0.25) is 0 Å². The monoisotopic (exact) mass is 429 g/mol. The molecule has 2 aliphatic heterocycles. The summed E-state index contributed by atoms with van der Waals surface area (Å²) < 4.78 is 22.6. The fourth-order valence-electron chi connectivity index (χ4n) is 4.04. The van der Waals surface area contributed by atoms with E-state index in [1.807, 2.05) is 61.5 Å². The van der Waals surface area contributed by atoms with Gasteiger partial charge in [-0.1, -0.05) is 12.1 Å². The van der Waals surface area contributed by atoms with Gasteiger partial charge in [0.05, 0.1) is 31.9 Å². The molecule has 0 fully saturated rings. The summed E-state index contributed by atoms with van der Waals surface area (Å²) in [5.41, 5.74) is 4.19. The summed E-state index contributed by atoms with van der Waals surface area (Å²) in [4.78, 5) is 15.3. The SMILES string of the molecule is COc1ccc(/C=C2\Oc3c4c(cc(C)c3C2=O)OCN(c2ccc(OC)cc2)C4)cc1. The second-order valence-electron chi connectivity index (χ2n) is 7.76. The molecular formula is C26H23NO5. The molecule has 32 heavy (non-hydrogen) atoms. The number of methoxy groups -OCH3 is 2. The van der Waals surface area contributed by atoms with E-state index in [4.69, 9.17) is 18.9 Å². The van der Waals surface area contributed by atoms with Crippen molar-refractivity contribution in [1.82, 2.24) is 0 Å². The smallest absolute Gasteiger partial charge is 0.232 e. The molecule has 6 nitrogen and oxygen atoms in total. The summed E-state index contributed by atoms with van der Waals surface area (Å²) >= 11 is 0. The van der Waals surface area contributed by atoms with Crippen LogP contribution in [0, 0.1) is 6.92 Å². The molecule has 6 heteroatoms. The first-order valence-corrected chi connectivity index (χ1v) is 10.3. The maximum absolute atomic E-state index is 13.2. The zero-order valence-electron chi connectivity index (χ0n) is 18.2. The quantitative estimate of drug-likeness (QED) is 0.545. The number of hydrogen-bond acceptors (Lipinski definition) is 6. The number of nitrogens with zero attached hydrogens (tertiary/aromatic N) is 1. The molecule has 3 aromatic carbocycles. The third-order valence-corrected chi connectivity index (χ3v) is 5.78. The zero-order chi connectivity index (χ0) is 22.2. The van der Waals surface area contributed by atoms with Crippen molar-refractivity contribution in [1.29, 1.82) is 0 Å². The van der Waals surface area contributed by atoms with Crippen molar-refractivity contribution in [2.45, 2.75) is 13.5 Å². The van der Waals surface area contributed by atoms with Gasteiger partial charge in [-0.05, 0) is 66.6 Å². The van der Waals surface area contributed by atoms with Gasteiger partial charge in [0.2, 0.25) is 5.78 Å². The molecule has 0 radical (unpaired) electrons. The second kappa shape index (κ2) is 7.96. The number of rotatable bonds is 4. The van der Waals surface area contributed by atoms with Gasteiger partial charge in [-0.15, -0.1) is 0 Å². The van der Waals surface area contributed by atoms with Crippen molar-refractivity contribution in [3.05, 3.63) is 82.6 Å². The van der Waals surface area contributed by atoms with Crippen molar-refractivity contribution in [2.75, 3.05) is 25.9 Å². The lowest BCUT2D eigenvalue weighted by molar-refractivity contribution is 0.101. The highest BCUT2D eigenvalue weighted by atomic mass is 16.5. The molecule has 0 unspecified atom stereocenters. The number of anilines is 1. The molecule has 0 saturated carbocycles. The number of carbonyl (C=O) groups is 1. The lowest BCUT2D eigenvalue weighted by Crippen LogP contribution is -2.32. The van der Waals surface area contributed by atoms with Crippen molar-refractivity contribution >= 4 is 17.5 Å². The molecule has 0 amide bonds. The summed E-state index contributed by atoms with van der Waals surface area (Å²) in [6.07, 6.45) is 1.76. The number of ketones is 1. The maximum Gasteiger partial charge on any atom is 0.232 e. The van der Waals surface area contributed by atoms with Gasteiger partial charge in [0, 0.05) is 5.69 Å². The predicted octanol–water partition coefficient (Wildman–Crippen LogP) is 4.98. The van der Waals surface area contributed by atoms with E-state index >= 15 is 0 Å². The Morgan fingerprint density at radius 2 is 1.62 bits per heavy atom. The zero-order valence-corrected chi connectivity index (χ0v) is 18.2. The van der Waals surface area contributed by atoms with E-state index in [0.29, 0.717) is 30.3 Å². The first-order valence-electron chi connectivity index (χ1n) is 10.3. The molecule has 0 saturated heterocycles. The van der Waals surface area contributed by atoms with Crippen LogP contribution in [0.1, 0.15) is 27.0 Å². The molecule has 2 aliphatic rings. The minimum Gasteiger partial charge on any atom is -0.497 e. The minimum atomic E-state index is -0.113. The van der Waals surface area contributed by atoms with Gasteiger partial charge in [0.25, 0.3) is 0 Å². The summed E-state index contributed by atoms with van der Waals surface area (Å²) in [6.45, 7) is 2.91.